The highest BCUT2D eigenvalue weighted by Gasteiger charge is 2.22. The summed E-state index contributed by atoms with van der Waals surface area (Å²) in [5.74, 6) is -1.36. The van der Waals surface area contributed by atoms with Gasteiger partial charge in [0.2, 0.25) is 5.91 Å². The highest BCUT2D eigenvalue weighted by atomic mass is 79.9. The van der Waals surface area contributed by atoms with E-state index in [0.29, 0.717) is 17.6 Å². The number of amides is 2. The minimum absolute atomic E-state index is 0.0475. The second-order valence-electron chi connectivity index (χ2n) is 3.87. The molecule has 0 aliphatic heterocycles. The molecule has 0 heterocycles. The number of carbonyl (C=O) groups excluding carboxylic acids is 2. The molecular formula is C13H16BrFN2O2. The third-order valence-electron chi connectivity index (χ3n) is 2.55. The van der Waals surface area contributed by atoms with Crippen molar-refractivity contribution in [3.63, 3.8) is 0 Å². The van der Waals surface area contributed by atoms with Gasteiger partial charge >= 0.3 is 0 Å². The summed E-state index contributed by atoms with van der Waals surface area (Å²) in [5.41, 5.74) is -0.0475. The number of carbonyl (C=O) groups is 2. The van der Waals surface area contributed by atoms with Gasteiger partial charge in [0.1, 0.15) is 5.82 Å². The molecule has 4 nitrogen and oxygen atoms in total. The van der Waals surface area contributed by atoms with Crippen molar-refractivity contribution in [2.45, 2.75) is 13.8 Å². The average Bonchev–Trinajstić information content (AvgIpc) is 2.35. The van der Waals surface area contributed by atoms with Crippen LogP contribution in [0.25, 0.3) is 0 Å². The third-order valence-corrected chi connectivity index (χ3v) is 3.21. The fourth-order valence-corrected chi connectivity index (χ4v) is 2.13. The summed E-state index contributed by atoms with van der Waals surface area (Å²) >= 11 is 3.15. The van der Waals surface area contributed by atoms with E-state index in [1.807, 2.05) is 0 Å². The Hall–Kier alpha value is -1.43. The van der Waals surface area contributed by atoms with Gasteiger partial charge in [0.05, 0.1) is 12.1 Å². The first-order chi connectivity index (χ1) is 9.01. The maximum Gasteiger partial charge on any atom is 0.258 e. The summed E-state index contributed by atoms with van der Waals surface area (Å²) in [6.45, 7) is 4.28. The first-order valence-electron chi connectivity index (χ1n) is 6.01. The van der Waals surface area contributed by atoms with Gasteiger partial charge in [0, 0.05) is 17.6 Å². The molecule has 0 aliphatic rings. The smallest absolute Gasteiger partial charge is 0.258 e. The minimum Gasteiger partial charge on any atom is -0.355 e. The van der Waals surface area contributed by atoms with Gasteiger partial charge in [-0.1, -0.05) is 6.07 Å². The van der Waals surface area contributed by atoms with Crippen molar-refractivity contribution in [3.05, 3.63) is 34.1 Å². The lowest BCUT2D eigenvalue weighted by atomic mass is 10.2. The third kappa shape index (κ3) is 4.02. The number of benzene rings is 1. The van der Waals surface area contributed by atoms with Gasteiger partial charge < -0.3 is 10.2 Å². The Morgan fingerprint density at radius 2 is 2.05 bits per heavy atom. The molecule has 0 aromatic heterocycles. The molecule has 104 valence electrons. The van der Waals surface area contributed by atoms with E-state index in [1.54, 1.807) is 19.9 Å². The van der Waals surface area contributed by atoms with E-state index in [-0.39, 0.29) is 18.0 Å². The molecular weight excluding hydrogens is 315 g/mol. The maximum atomic E-state index is 13.7. The maximum absolute atomic E-state index is 13.7. The first-order valence-corrected chi connectivity index (χ1v) is 6.80. The number of nitrogens with one attached hydrogen (secondary N) is 1. The minimum atomic E-state index is -0.603. The molecule has 0 bridgehead atoms. The summed E-state index contributed by atoms with van der Waals surface area (Å²) in [6.07, 6.45) is 0. The van der Waals surface area contributed by atoms with Crippen LogP contribution in [0.2, 0.25) is 0 Å². The van der Waals surface area contributed by atoms with E-state index >= 15 is 0 Å². The zero-order valence-electron chi connectivity index (χ0n) is 10.9. The van der Waals surface area contributed by atoms with Gasteiger partial charge in [-0.15, -0.1) is 0 Å². The second kappa shape index (κ2) is 7.23. The van der Waals surface area contributed by atoms with E-state index < -0.39 is 11.7 Å². The highest BCUT2D eigenvalue weighted by Crippen LogP contribution is 2.21. The number of rotatable bonds is 5. The molecule has 0 fully saturated rings. The van der Waals surface area contributed by atoms with Crippen LogP contribution >= 0.6 is 15.9 Å². The summed E-state index contributed by atoms with van der Waals surface area (Å²) in [7, 11) is 0. The summed E-state index contributed by atoms with van der Waals surface area (Å²) < 4.78 is 14.1. The normalized spacial score (nSPS) is 10.1. The van der Waals surface area contributed by atoms with Crippen LogP contribution in [0, 0.1) is 5.82 Å². The van der Waals surface area contributed by atoms with Crippen LogP contribution in [0.15, 0.2) is 22.7 Å². The fourth-order valence-electron chi connectivity index (χ4n) is 1.61. The number of hydrogen-bond donors (Lipinski definition) is 1. The molecule has 0 spiro atoms. The van der Waals surface area contributed by atoms with Crippen molar-refractivity contribution in [3.8, 4) is 0 Å². The Bertz CT molecular complexity index is 459. The molecule has 0 saturated heterocycles. The van der Waals surface area contributed by atoms with Gasteiger partial charge in [0.15, 0.2) is 0 Å². The molecule has 0 saturated carbocycles. The number of halogens is 2. The molecule has 1 rings (SSSR count). The largest absolute Gasteiger partial charge is 0.355 e. The standard InChI is InChI=1S/C13H16BrFN2O2/c1-3-16-11(18)8-17(4-2)13(19)12-9(14)6-5-7-10(12)15/h5-7H,3-4,8H2,1-2H3,(H,16,18). The average molecular weight is 331 g/mol. The quantitative estimate of drug-likeness (QED) is 0.899. The van der Waals surface area contributed by atoms with E-state index in [2.05, 4.69) is 21.2 Å². The van der Waals surface area contributed by atoms with Gasteiger partial charge in [-0.25, -0.2) is 4.39 Å². The van der Waals surface area contributed by atoms with E-state index in [0.717, 1.165) is 0 Å². The Kier molecular flexibility index (Phi) is 5.95. The van der Waals surface area contributed by atoms with Crippen molar-refractivity contribution in [1.82, 2.24) is 10.2 Å². The fraction of sp³-hybridized carbons (Fsp3) is 0.385. The lowest BCUT2D eigenvalue weighted by Gasteiger charge is -2.21. The highest BCUT2D eigenvalue weighted by molar-refractivity contribution is 9.10. The summed E-state index contributed by atoms with van der Waals surface area (Å²) in [6, 6.07) is 4.32. The molecule has 2 amide bonds. The van der Waals surface area contributed by atoms with Gasteiger partial charge in [0.25, 0.3) is 5.91 Å². The number of likely N-dealkylation sites (N-methyl/N-ethyl adjacent to an activating group) is 2. The van der Waals surface area contributed by atoms with Crippen molar-refractivity contribution in [1.29, 1.82) is 0 Å². The molecule has 1 N–H and O–H groups in total. The van der Waals surface area contributed by atoms with Crippen LogP contribution in [0.3, 0.4) is 0 Å². The van der Waals surface area contributed by atoms with Crippen LogP contribution in [-0.2, 0) is 4.79 Å². The lowest BCUT2D eigenvalue weighted by molar-refractivity contribution is -0.121. The molecule has 6 heteroatoms. The number of hydrogen-bond acceptors (Lipinski definition) is 2. The topological polar surface area (TPSA) is 49.4 Å². The first kappa shape index (κ1) is 15.6. The van der Waals surface area contributed by atoms with Gasteiger partial charge in [-0.2, -0.15) is 0 Å². The van der Waals surface area contributed by atoms with Gasteiger partial charge in [-0.05, 0) is 41.9 Å². The summed E-state index contributed by atoms with van der Waals surface area (Å²) in [5, 5.41) is 2.61. The number of nitrogens with zero attached hydrogens (tertiary/aromatic N) is 1. The Labute approximate surface area is 120 Å². The van der Waals surface area contributed by atoms with Crippen LogP contribution in [0.4, 0.5) is 4.39 Å². The summed E-state index contributed by atoms with van der Waals surface area (Å²) in [4.78, 5) is 25.0. The molecule has 0 atom stereocenters. The molecule has 1 aromatic carbocycles. The van der Waals surface area contributed by atoms with Crippen molar-refractivity contribution in [2.24, 2.45) is 0 Å². The van der Waals surface area contributed by atoms with Gasteiger partial charge in [-0.3, -0.25) is 9.59 Å². The SMILES string of the molecule is CCNC(=O)CN(CC)C(=O)c1c(F)cccc1Br. The predicted molar refractivity (Wildman–Crippen MR) is 74.4 cm³/mol. The van der Waals surface area contributed by atoms with E-state index in [4.69, 9.17) is 0 Å². The van der Waals surface area contributed by atoms with Crippen LogP contribution < -0.4 is 5.32 Å². The zero-order chi connectivity index (χ0) is 14.4. The van der Waals surface area contributed by atoms with Crippen LogP contribution in [-0.4, -0.2) is 36.3 Å². The molecule has 19 heavy (non-hydrogen) atoms. The van der Waals surface area contributed by atoms with Crippen molar-refractivity contribution >= 4 is 27.7 Å². The molecule has 0 aliphatic carbocycles. The molecule has 0 unspecified atom stereocenters. The Balaban J connectivity index is 2.93. The Morgan fingerprint density at radius 1 is 1.37 bits per heavy atom. The zero-order valence-corrected chi connectivity index (χ0v) is 12.5. The predicted octanol–water partition coefficient (Wildman–Crippen LogP) is 2.19. The van der Waals surface area contributed by atoms with Crippen molar-refractivity contribution in [2.75, 3.05) is 19.6 Å². The molecule has 1 aromatic rings. The van der Waals surface area contributed by atoms with Crippen LogP contribution in [0.5, 0.6) is 0 Å². The van der Waals surface area contributed by atoms with Crippen LogP contribution in [0.1, 0.15) is 24.2 Å². The molecule has 0 radical (unpaired) electrons. The van der Waals surface area contributed by atoms with E-state index in [1.165, 1.54) is 17.0 Å². The lowest BCUT2D eigenvalue weighted by Crippen LogP contribution is -2.41. The second-order valence-corrected chi connectivity index (χ2v) is 4.72. The Morgan fingerprint density at radius 3 is 2.58 bits per heavy atom. The van der Waals surface area contributed by atoms with E-state index in [9.17, 15) is 14.0 Å². The monoisotopic (exact) mass is 330 g/mol. The van der Waals surface area contributed by atoms with Crippen molar-refractivity contribution < 1.29 is 14.0 Å².